The van der Waals surface area contributed by atoms with Crippen LogP contribution in [0.1, 0.15) is 6.42 Å². The van der Waals surface area contributed by atoms with Crippen LogP contribution in [0, 0.1) is 0 Å². The minimum Gasteiger partial charge on any atom is -0.346 e. The van der Waals surface area contributed by atoms with Crippen molar-refractivity contribution < 1.29 is 4.79 Å². The van der Waals surface area contributed by atoms with Crippen molar-refractivity contribution in [2.24, 2.45) is 5.73 Å². The lowest BCUT2D eigenvalue weighted by Gasteiger charge is -2.14. The summed E-state index contributed by atoms with van der Waals surface area (Å²) in [7, 11) is 1.94. The smallest absolute Gasteiger partial charge is 0.208 e. The fourth-order valence-corrected chi connectivity index (χ4v) is 0.633. The van der Waals surface area contributed by atoms with Crippen molar-refractivity contribution in [2.45, 2.75) is 6.42 Å². The highest BCUT2D eigenvalue weighted by atomic mass is 16.1. The van der Waals surface area contributed by atoms with E-state index in [0.717, 1.165) is 13.0 Å². The summed E-state index contributed by atoms with van der Waals surface area (Å²) in [6.07, 6.45) is 1.66. The maximum absolute atomic E-state index is 9.82. The van der Waals surface area contributed by atoms with Crippen LogP contribution in [0.15, 0.2) is 0 Å². The Morgan fingerprint density at radius 3 is 2.90 bits per heavy atom. The first-order chi connectivity index (χ1) is 4.81. The molecule has 0 rings (SSSR count). The van der Waals surface area contributed by atoms with Crippen LogP contribution in [-0.4, -0.2) is 38.1 Å². The number of hydrogen-bond donors (Lipinski definition) is 2. The van der Waals surface area contributed by atoms with Crippen molar-refractivity contribution in [3.8, 4) is 0 Å². The summed E-state index contributed by atoms with van der Waals surface area (Å²) in [5.41, 5.74) is 5.29. The van der Waals surface area contributed by atoms with Crippen molar-refractivity contribution in [3.05, 3.63) is 0 Å². The molecule has 4 nitrogen and oxygen atoms in total. The predicted octanol–water partition coefficient (Wildman–Crippen LogP) is -1.03. The summed E-state index contributed by atoms with van der Waals surface area (Å²) in [5.74, 6) is 0. The van der Waals surface area contributed by atoms with Crippen LogP contribution in [0.2, 0.25) is 0 Å². The molecule has 0 heterocycles. The van der Waals surface area contributed by atoms with Gasteiger partial charge in [0, 0.05) is 6.54 Å². The average Bonchev–Trinajstić information content (AvgIpc) is 1.97. The molecule has 1 amide bonds. The maximum Gasteiger partial charge on any atom is 0.208 e. The van der Waals surface area contributed by atoms with E-state index in [1.54, 1.807) is 0 Å². The topological polar surface area (TPSA) is 58.4 Å². The number of carbonyl (C=O) groups excluding carboxylic acids is 1. The molecule has 0 saturated carbocycles. The molecule has 0 unspecified atom stereocenters. The molecule has 0 bridgehead atoms. The zero-order valence-corrected chi connectivity index (χ0v) is 6.34. The third-order valence-corrected chi connectivity index (χ3v) is 1.19. The van der Waals surface area contributed by atoms with E-state index in [0.29, 0.717) is 19.6 Å². The second-order valence-corrected chi connectivity index (χ2v) is 2.20. The second-order valence-electron chi connectivity index (χ2n) is 2.20. The molecule has 0 atom stereocenters. The van der Waals surface area contributed by atoms with Crippen LogP contribution in [0.3, 0.4) is 0 Å². The molecule has 0 fully saturated rings. The summed E-state index contributed by atoms with van der Waals surface area (Å²) < 4.78 is 0. The van der Waals surface area contributed by atoms with Gasteiger partial charge in [-0.3, -0.25) is 9.69 Å². The summed E-state index contributed by atoms with van der Waals surface area (Å²) in [6, 6.07) is 0. The van der Waals surface area contributed by atoms with E-state index in [1.807, 2.05) is 11.9 Å². The Morgan fingerprint density at radius 1 is 1.70 bits per heavy atom. The summed E-state index contributed by atoms with van der Waals surface area (Å²) in [4.78, 5) is 11.8. The van der Waals surface area contributed by atoms with Crippen LogP contribution < -0.4 is 11.1 Å². The van der Waals surface area contributed by atoms with Crippen molar-refractivity contribution in [1.29, 1.82) is 0 Å². The van der Waals surface area contributed by atoms with Gasteiger partial charge in [-0.1, -0.05) is 0 Å². The third kappa shape index (κ3) is 5.53. The molecule has 0 spiro atoms. The molecule has 0 radical (unpaired) electrons. The Bertz CT molecular complexity index is 87.1. The lowest BCUT2D eigenvalue weighted by atomic mass is 10.4. The monoisotopic (exact) mass is 145 g/mol. The van der Waals surface area contributed by atoms with Crippen LogP contribution in [-0.2, 0) is 4.79 Å². The zero-order valence-electron chi connectivity index (χ0n) is 6.34. The fourth-order valence-electron chi connectivity index (χ4n) is 0.633. The molecular formula is C6H15N3O. The van der Waals surface area contributed by atoms with E-state index in [9.17, 15) is 4.79 Å². The van der Waals surface area contributed by atoms with E-state index in [-0.39, 0.29) is 0 Å². The number of nitrogens with two attached hydrogens (primary N) is 1. The molecule has 0 aliphatic heterocycles. The van der Waals surface area contributed by atoms with Gasteiger partial charge in [-0.2, -0.15) is 0 Å². The molecule has 0 aromatic rings. The molecule has 4 heteroatoms. The van der Waals surface area contributed by atoms with Gasteiger partial charge in [0.2, 0.25) is 6.41 Å². The minimum absolute atomic E-state index is 0.601. The number of hydrogen-bond acceptors (Lipinski definition) is 3. The number of nitrogens with zero attached hydrogens (tertiary/aromatic N) is 1. The van der Waals surface area contributed by atoms with Crippen LogP contribution >= 0.6 is 0 Å². The Labute approximate surface area is 61.4 Å². The summed E-state index contributed by atoms with van der Waals surface area (Å²) in [6.45, 7) is 2.23. The number of amides is 1. The van der Waals surface area contributed by atoms with Crippen molar-refractivity contribution in [1.82, 2.24) is 10.2 Å². The van der Waals surface area contributed by atoms with E-state index >= 15 is 0 Å². The standard InChI is InChI=1S/C6H15N3O/c1-9(4-2-3-7)5-8-6-10/h6H,2-5,7H2,1H3,(H,8,10). The first-order valence-electron chi connectivity index (χ1n) is 3.37. The molecule has 10 heavy (non-hydrogen) atoms. The molecule has 0 aliphatic rings. The van der Waals surface area contributed by atoms with Gasteiger partial charge in [0.1, 0.15) is 0 Å². The highest BCUT2D eigenvalue weighted by Crippen LogP contribution is 1.80. The zero-order chi connectivity index (χ0) is 7.82. The molecule has 0 aliphatic carbocycles. The third-order valence-electron chi connectivity index (χ3n) is 1.19. The SMILES string of the molecule is CN(CCCN)CNC=O. The predicted molar refractivity (Wildman–Crippen MR) is 40.4 cm³/mol. The minimum atomic E-state index is 0.601. The van der Waals surface area contributed by atoms with E-state index in [1.165, 1.54) is 0 Å². The number of nitrogens with one attached hydrogen (secondary N) is 1. The van der Waals surface area contributed by atoms with Gasteiger partial charge in [0.25, 0.3) is 0 Å². The fraction of sp³-hybridized carbons (Fsp3) is 0.833. The van der Waals surface area contributed by atoms with Crippen molar-refractivity contribution >= 4 is 6.41 Å². The molecule has 0 aromatic carbocycles. The average molecular weight is 145 g/mol. The van der Waals surface area contributed by atoms with Gasteiger partial charge in [-0.05, 0) is 20.0 Å². The van der Waals surface area contributed by atoms with Crippen LogP contribution in [0.4, 0.5) is 0 Å². The van der Waals surface area contributed by atoms with E-state index in [4.69, 9.17) is 5.73 Å². The quantitative estimate of drug-likeness (QED) is 0.371. The van der Waals surface area contributed by atoms with Crippen molar-refractivity contribution in [3.63, 3.8) is 0 Å². The maximum atomic E-state index is 9.82. The highest BCUT2D eigenvalue weighted by Gasteiger charge is 1.93. The molecule has 3 N–H and O–H groups in total. The summed E-state index contributed by atoms with van der Waals surface area (Å²) in [5, 5.41) is 2.56. The normalized spacial score (nSPS) is 9.90. The molecule has 60 valence electrons. The van der Waals surface area contributed by atoms with Crippen LogP contribution in [0.5, 0.6) is 0 Å². The Morgan fingerprint density at radius 2 is 2.40 bits per heavy atom. The van der Waals surface area contributed by atoms with Gasteiger partial charge in [0.05, 0.1) is 6.67 Å². The first kappa shape index (κ1) is 9.39. The van der Waals surface area contributed by atoms with E-state index < -0.39 is 0 Å². The molecule has 0 saturated heterocycles. The largest absolute Gasteiger partial charge is 0.346 e. The van der Waals surface area contributed by atoms with E-state index in [2.05, 4.69) is 5.32 Å². The van der Waals surface area contributed by atoms with Gasteiger partial charge in [0.15, 0.2) is 0 Å². The lowest BCUT2D eigenvalue weighted by Crippen LogP contribution is -2.31. The Kier molecular flexibility index (Phi) is 6.11. The lowest BCUT2D eigenvalue weighted by molar-refractivity contribution is -0.110. The van der Waals surface area contributed by atoms with Crippen molar-refractivity contribution in [2.75, 3.05) is 26.8 Å². The summed E-state index contributed by atoms with van der Waals surface area (Å²) >= 11 is 0. The van der Waals surface area contributed by atoms with Gasteiger partial charge >= 0.3 is 0 Å². The van der Waals surface area contributed by atoms with Gasteiger partial charge in [-0.15, -0.1) is 0 Å². The Hall–Kier alpha value is -0.610. The highest BCUT2D eigenvalue weighted by molar-refractivity contribution is 5.45. The molecule has 0 aromatic heterocycles. The van der Waals surface area contributed by atoms with Gasteiger partial charge < -0.3 is 11.1 Å². The first-order valence-corrected chi connectivity index (χ1v) is 3.37. The van der Waals surface area contributed by atoms with Crippen LogP contribution in [0.25, 0.3) is 0 Å². The Balaban J connectivity index is 3.07. The van der Waals surface area contributed by atoms with Gasteiger partial charge in [-0.25, -0.2) is 0 Å². The number of rotatable bonds is 6. The number of carbonyl (C=O) groups is 1. The second kappa shape index (κ2) is 6.51. The molecular weight excluding hydrogens is 130 g/mol.